The molecule has 110 valence electrons. The highest BCUT2D eigenvalue weighted by Crippen LogP contribution is 2.24. The van der Waals surface area contributed by atoms with E-state index < -0.39 is 11.5 Å². The van der Waals surface area contributed by atoms with Crippen LogP contribution in [0.1, 0.15) is 24.5 Å². The Bertz CT molecular complexity index is 591. The lowest BCUT2D eigenvalue weighted by molar-refractivity contribution is -0.138. The van der Waals surface area contributed by atoms with Crippen LogP contribution in [0, 0.1) is 0 Å². The Balaban J connectivity index is 2.00. The van der Waals surface area contributed by atoms with Crippen molar-refractivity contribution in [2.75, 3.05) is 0 Å². The molecule has 0 spiro atoms. The highest BCUT2D eigenvalue weighted by Gasteiger charge is 2.24. The number of benzene rings is 2. The molecule has 3 N–H and O–H groups in total. The van der Waals surface area contributed by atoms with Gasteiger partial charge in [-0.05, 0) is 30.2 Å². The van der Waals surface area contributed by atoms with Gasteiger partial charge >= 0.3 is 5.97 Å². The number of carboxylic acid groups (broad SMARTS) is 1. The largest absolute Gasteiger partial charge is 0.489 e. The van der Waals surface area contributed by atoms with E-state index in [2.05, 4.69) is 0 Å². The first-order chi connectivity index (χ1) is 9.97. The molecular formula is C17H19NO3. The quantitative estimate of drug-likeness (QED) is 0.856. The Kier molecular flexibility index (Phi) is 4.60. The molecule has 0 aliphatic heterocycles. The normalized spacial score (nSPS) is 13.4. The zero-order chi connectivity index (χ0) is 15.3. The lowest BCUT2D eigenvalue weighted by Gasteiger charge is -2.23. The number of aliphatic carboxylic acids is 1. The fraction of sp³-hybridized carbons (Fsp3) is 0.235. The summed E-state index contributed by atoms with van der Waals surface area (Å²) in [4.78, 5) is 10.8. The van der Waals surface area contributed by atoms with Crippen LogP contribution in [-0.2, 0) is 16.9 Å². The van der Waals surface area contributed by atoms with Crippen molar-refractivity contribution < 1.29 is 14.6 Å². The van der Waals surface area contributed by atoms with Gasteiger partial charge in [0, 0.05) is 5.54 Å². The Morgan fingerprint density at radius 3 is 2.33 bits per heavy atom. The van der Waals surface area contributed by atoms with Gasteiger partial charge < -0.3 is 15.6 Å². The summed E-state index contributed by atoms with van der Waals surface area (Å²) in [6.45, 7) is 2.20. The molecule has 0 aliphatic rings. The van der Waals surface area contributed by atoms with Crippen LogP contribution >= 0.6 is 0 Å². The molecule has 4 heteroatoms. The molecule has 2 rings (SSSR count). The van der Waals surface area contributed by atoms with Crippen molar-refractivity contribution in [2.24, 2.45) is 5.73 Å². The summed E-state index contributed by atoms with van der Waals surface area (Å²) in [6, 6.07) is 17.1. The van der Waals surface area contributed by atoms with Crippen LogP contribution in [0.25, 0.3) is 0 Å². The number of carbonyl (C=O) groups is 1. The molecule has 0 aromatic heterocycles. The van der Waals surface area contributed by atoms with Gasteiger partial charge in [-0.15, -0.1) is 0 Å². The predicted molar refractivity (Wildman–Crippen MR) is 81.0 cm³/mol. The van der Waals surface area contributed by atoms with Crippen LogP contribution in [0.15, 0.2) is 54.6 Å². The van der Waals surface area contributed by atoms with Crippen molar-refractivity contribution in [1.29, 1.82) is 0 Å². The molecule has 2 aromatic carbocycles. The van der Waals surface area contributed by atoms with Crippen LogP contribution in [0.4, 0.5) is 0 Å². The molecule has 2 aromatic rings. The van der Waals surface area contributed by atoms with E-state index in [4.69, 9.17) is 15.6 Å². The summed E-state index contributed by atoms with van der Waals surface area (Å²) in [6.07, 6.45) is -0.114. The van der Waals surface area contributed by atoms with E-state index in [0.29, 0.717) is 6.61 Å². The second-order valence-corrected chi connectivity index (χ2v) is 5.29. The number of hydrogen-bond donors (Lipinski definition) is 2. The first-order valence-corrected chi connectivity index (χ1v) is 6.75. The Morgan fingerprint density at radius 1 is 1.14 bits per heavy atom. The minimum Gasteiger partial charge on any atom is -0.489 e. The highest BCUT2D eigenvalue weighted by atomic mass is 16.5. The molecule has 0 aliphatic carbocycles. The van der Waals surface area contributed by atoms with E-state index >= 15 is 0 Å². The van der Waals surface area contributed by atoms with Gasteiger partial charge in [0.15, 0.2) is 0 Å². The third kappa shape index (κ3) is 4.33. The number of carboxylic acids is 1. The molecule has 0 saturated carbocycles. The maximum Gasteiger partial charge on any atom is 0.305 e. The second-order valence-electron chi connectivity index (χ2n) is 5.29. The highest BCUT2D eigenvalue weighted by molar-refractivity contribution is 5.68. The van der Waals surface area contributed by atoms with Crippen molar-refractivity contribution in [2.45, 2.75) is 25.5 Å². The van der Waals surface area contributed by atoms with E-state index in [1.165, 1.54) is 0 Å². The van der Waals surface area contributed by atoms with Crippen molar-refractivity contribution in [1.82, 2.24) is 0 Å². The summed E-state index contributed by atoms with van der Waals surface area (Å²) >= 11 is 0. The molecule has 0 amide bonds. The Labute approximate surface area is 124 Å². The zero-order valence-electron chi connectivity index (χ0n) is 12.0. The molecular weight excluding hydrogens is 266 g/mol. The van der Waals surface area contributed by atoms with Crippen molar-refractivity contribution in [3.8, 4) is 5.75 Å². The molecule has 0 bridgehead atoms. The van der Waals surface area contributed by atoms with Crippen molar-refractivity contribution >= 4 is 5.97 Å². The molecule has 0 radical (unpaired) electrons. The van der Waals surface area contributed by atoms with E-state index in [9.17, 15) is 4.79 Å². The van der Waals surface area contributed by atoms with Gasteiger partial charge in [-0.1, -0.05) is 42.5 Å². The standard InChI is InChI=1S/C17H19NO3/c1-17(18,11-16(19)20)14-7-9-15(10-8-14)21-12-13-5-3-2-4-6-13/h2-10H,11-12,18H2,1H3,(H,19,20). The maximum absolute atomic E-state index is 10.8. The van der Waals surface area contributed by atoms with Gasteiger partial charge in [0.2, 0.25) is 0 Å². The molecule has 0 fully saturated rings. The smallest absolute Gasteiger partial charge is 0.305 e. The molecule has 1 unspecified atom stereocenters. The summed E-state index contributed by atoms with van der Waals surface area (Å²) in [5, 5.41) is 8.87. The van der Waals surface area contributed by atoms with Crippen LogP contribution in [0.2, 0.25) is 0 Å². The molecule has 0 heterocycles. The van der Waals surface area contributed by atoms with E-state index in [0.717, 1.165) is 16.9 Å². The van der Waals surface area contributed by atoms with Crippen molar-refractivity contribution in [3.05, 3.63) is 65.7 Å². The topological polar surface area (TPSA) is 72.6 Å². The molecule has 1 atom stereocenters. The maximum atomic E-state index is 10.8. The van der Waals surface area contributed by atoms with Gasteiger partial charge in [-0.3, -0.25) is 4.79 Å². The number of nitrogens with two attached hydrogens (primary N) is 1. The lowest BCUT2D eigenvalue weighted by Crippen LogP contribution is -2.35. The Morgan fingerprint density at radius 2 is 1.76 bits per heavy atom. The van der Waals surface area contributed by atoms with E-state index in [1.807, 2.05) is 54.6 Å². The van der Waals surface area contributed by atoms with Gasteiger partial charge in [0.05, 0.1) is 6.42 Å². The van der Waals surface area contributed by atoms with Gasteiger partial charge in [-0.2, -0.15) is 0 Å². The number of rotatable bonds is 6. The number of hydrogen-bond acceptors (Lipinski definition) is 3. The third-order valence-electron chi connectivity index (χ3n) is 3.28. The van der Waals surface area contributed by atoms with Gasteiger partial charge in [-0.25, -0.2) is 0 Å². The summed E-state index contributed by atoms with van der Waals surface area (Å²) < 4.78 is 5.68. The molecule has 0 saturated heterocycles. The van der Waals surface area contributed by atoms with Gasteiger partial charge in [0.25, 0.3) is 0 Å². The Hall–Kier alpha value is -2.33. The minimum absolute atomic E-state index is 0.114. The van der Waals surface area contributed by atoms with Crippen molar-refractivity contribution in [3.63, 3.8) is 0 Å². The lowest BCUT2D eigenvalue weighted by atomic mass is 9.90. The third-order valence-corrected chi connectivity index (χ3v) is 3.28. The monoisotopic (exact) mass is 285 g/mol. The second kappa shape index (κ2) is 6.41. The van der Waals surface area contributed by atoms with Crippen LogP contribution < -0.4 is 10.5 Å². The van der Waals surface area contributed by atoms with E-state index in [-0.39, 0.29) is 6.42 Å². The molecule has 4 nitrogen and oxygen atoms in total. The van der Waals surface area contributed by atoms with Crippen LogP contribution in [-0.4, -0.2) is 11.1 Å². The first-order valence-electron chi connectivity index (χ1n) is 6.75. The van der Waals surface area contributed by atoms with E-state index in [1.54, 1.807) is 6.92 Å². The number of ether oxygens (including phenoxy) is 1. The average molecular weight is 285 g/mol. The summed E-state index contributed by atoms with van der Waals surface area (Å²) in [5.74, 6) is -0.182. The molecule has 21 heavy (non-hydrogen) atoms. The summed E-state index contributed by atoms with van der Waals surface area (Å²) in [7, 11) is 0. The summed E-state index contributed by atoms with van der Waals surface area (Å²) in [5.41, 5.74) is 7.02. The minimum atomic E-state index is -0.913. The van der Waals surface area contributed by atoms with Gasteiger partial charge in [0.1, 0.15) is 12.4 Å². The fourth-order valence-corrected chi connectivity index (χ4v) is 2.09. The predicted octanol–water partition coefficient (Wildman–Crippen LogP) is 2.91. The van der Waals surface area contributed by atoms with Crippen LogP contribution in [0.5, 0.6) is 5.75 Å². The fourth-order valence-electron chi connectivity index (χ4n) is 2.09. The van der Waals surface area contributed by atoms with Crippen LogP contribution in [0.3, 0.4) is 0 Å². The zero-order valence-corrected chi connectivity index (χ0v) is 12.0. The SMILES string of the molecule is CC(N)(CC(=O)O)c1ccc(OCc2ccccc2)cc1. The first kappa shape index (κ1) is 15.1. The average Bonchev–Trinajstić information content (AvgIpc) is 2.45.